The summed E-state index contributed by atoms with van der Waals surface area (Å²) in [5, 5.41) is 13.6. The Morgan fingerprint density at radius 3 is 2.50 bits per heavy atom. The fourth-order valence-electron chi connectivity index (χ4n) is 5.32. The average molecular weight is 528 g/mol. The molecule has 4 rings (SSSR count). The van der Waals surface area contributed by atoms with E-state index in [0.29, 0.717) is 43.5 Å². The molecule has 1 aliphatic carbocycles. The number of aliphatic carboxylic acids is 1. The summed E-state index contributed by atoms with van der Waals surface area (Å²) in [7, 11) is 0. The molecule has 2 aromatic heterocycles. The molecule has 0 aromatic carbocycles. The molecular formula is C28H41N5O5. The molecular weight excluding hydrogens is 486 g/mol. The molecule has 1 N–H and O–H groups in total. The van der Waals surface area contributed by atoms with E-state index in [-0.39, 0.29) is 18.4 Å². The van der Waals surface area contributed by atoms with Gasteiger partial charge in [-0.2, -0.15) is 4.98 Å². The van der Waals surface area contributed by atoms with Gasteiger partial charge in [-0.3, -0.25) is 4.79 Å². The van der Waals surface area contributed by atoms with E-state index in [4.69, 9.17) is 9.26 Å². The van der Waals surface area contributed by atoms with E-state index in [9.17, 15) is 14.7 Å². The van der Waals surface area contributed by atoms with E-state index in [1.54, 1.807) is 11.1 Å². The Morgan fingerprint density at radius 2 is 1.87 bits per heavy atom. The smallest absolute Gasteiger partial charge is 0.410 e. The summed E-state index contributed by atoms with van der Waals surface area (Å²) in [5.74, 6) is 1.23. The van der Waals surface area contributed by atoms with Crippen molar-refractivity contribution in [2.24, 2.45) is 5.92 Å². The second-order valence-corrected chi connectivity index (χ2v) is 11.5. The summed E-state index contributed by atoms with van der Waals surface area (Å²) in [5.41, 5.74) is 0.204. The Labute approximate surface area is 224 Å². The lowest BCUT2D eigenvalue weighted by atomic mass is 9.84. The van der Waals surface area contributed by atoms with Crippen LogP contribution in [0, 0.1) is 5.92 Å². The van der Waals surface area contributed by atoms with Gasteiger partial charge >= 0.3 is 12.1 Å². The summed E-state index contributed by atoms with van der Waals surface area (Å²) >= 11 is 0. The fraction of sp³-hybridized carbons (Fsp3) is 0.679. The first-order valence-corrected chi connectivity index (χ1v) is 13.9. The number of amides is 1. The number of rotatable bonds is 9. The van der Waals surface area contributed by atoms with Crippen molar-refractivity contribution in [3.05, 3.63) is 24.2 Å². The van der Waals surface area contributed by atoms with Crippen LogP contribution in [-0.4, -0.2) is 69.0 Å². The maximum absolute atomic E-state index is 12.3. The molecule has 208 valence electrons. The number of aromatic nitrogens is 3. The minimum Gasteiger partial charge on any atom is -0.481 e. The average Bonchev–Trinajstić information content (AvgIpc) is 3.38. The molecule has 10 nitrogen and oxygen atoms in total. The predicted molar refractivity (Wildman–Crippen MR) is 143 cm³/mol. The highest BCUT2D eigenvalue weighted by molar-refractivity contribution is 5.69. The third kappa shape index (κ3) is 7.91. The number of carboxylic acid groups (broad SMARTS) is 1. The van der Waals surface area contributed by atoms with Crippen LogP contribution in [0.15, 0.2) is 22.9 Å². The van der Waals surface area contributed by atoms with Gasteiger partial charge in [0, 0.05) is 43.9 Å². The molecule has 1 aliphatic heterocycles. The first-order chi connectivity index (χ1) is 18.2. The summed E-state index contributed by atoms with van der Waals surface area (Å²) in [6.07, 6.45) is 10.8. The van der Waals surface area contributed by atoms with E-state index in [0.717, 1.165) is 31.0 Å². The summed E-state index contributed by atoms with van der Waals surface area (Å²) < 4.78 is 11.0. The maximum Gasteiger partial charge on any atom is 0.410 e. The topological polar surface area (TPSA) is 122 Å². The number of piperazine rings is 1. The van der Waals surface area contributed by atoms with Crippen molar-refractivity contribution in [3.63, 3.8) is 0 Å². The van der Waals surface area contributed by atoms with Crippen molar-refractivity contribution >= 4 is 17.9 Å². The lowest BCUT2D eigenvalue weighted by Gasteiger charge is -2.36. The Hall–Kier alpha value is -3.17. The normalized spacial score (nSPS) is 17.9. The van der Waals surface area contributed by atoms with Gasteiger partial charge in [-0.15, -0.1) is 0 Å². The first-order valence-electron chi connectivity index (χ1n) is 13.9. The van der Waals surface area contributed by atoms with Crippen LogP contribution in [0.4, 0.5) is 10.6 Å². The lowest BCUT2D eigenvalue weighted by molar-refractivity contribution is -0.137. The molecule has 1 saturated carbocycles. The summed E-state index contributed by atoms with van der Waals surface area (Å²) in [6, 6.07) is 3.81. The Morgan fingerprint density at radius 1 is 1.13 bits per heavy atom. The van der Waals surface area contributed by atoms with Crippen molar-refractivity contribution in [2.75, 3.05) is 31.1 Å². The van der Waals surface area contributed by atoms with Gasteiger partial charge in [0.15, 0.2) is 0 Å². The molecule has 0 unspecified atom stereocenters. The third-order valence-corrected chi connectivity index (χ3v) is 7.36. The minimum absolute atomic E-state index is 0.0151. The van der Waals surface area contributed by atoms with Crippen LogP contribution in [-0.2, 0) is 9.53 Å². The molecule has 1 atom stereocenters. The van der Waals surface area contributed by atoms with Crippen molar-refractivity contribution < 1.29 is 24.0 Å². The molecule has 2 aliphatic rings. The standard InChI is InChI=1S/C28H41N5O5/c1-28(2,3)37-27(36)33-16-14-32(15-17-33)23-13-12-22(19-29-23)25-30-26(38-31-25)21(18-24(34)35)11-7-10-20-8-5-4-6-9-20/h12-13,19-21H,4-11,14-18H2,1-3H3,(H,34,35)/t21-/m1/s1. The van der Waals surface area contributed by atoms with E-state index < -0.39 is 11.6 Å². The number of carbonyl (C=O) groups excluding carboxylic acids is 1. The van der Waals surface area contributed by atoms with Crippen LogP contribution in [0.1, 0.15) is 90.4 Å². The van der Waals surface area contributed by atoms with E-state index in [2.05, 4.69) is 20.0 Å². The Balaban J connectivity index is 1.32. The van der Waals surface area contributed by atoms with Crippen molar-refractivity contribution in [1.82, 2.24) is 20.0 Å². The molecule has 1 saturated heterocycles. The number of nitrogens with zero attached hydrogens (tertiary/aromatic N) is 5. The fourth-order valence-corrected chi connectivity index (χ4v) is 5.32. The Kier molecular flexibility index (Phi) is 9.22. The molecule has 38 heavy (non-hydrogen) atoms. The van der Waals surface area contributed by atoms with E-state index >= 15 is 0 Å². The zero-order chi connectivity index (χ0) is 27.1. The monoisotopic (exact) mass is 527 g/mol. The largest absolute Gasteiger partial charge is 0.481 e. The van der Waals surface area contributed by atoms with Crippen LogP contribution in [0.5, 0.6) is 0 Å². The molecule has 0 spiro atoms. The molecule has 10 heteroatoms. The number of ether oxygens (including phenoxy) is 1. The van der Waals surface area contributed by atoms with Crippen LogP contribution in [0.3, 0.4) is 0 Å². The van der Waals surface area contributed by atoms with Gasteiger partial charge in [0.05, 0.1) is 6.42 Å². The van der Waals surface area contributed by atoms with Crippen molar-refractivity contribution in [2.45, 2.75) is 90.1 Å². The summed E-state index contributed by atoms with van der Waals surface area (Å²) in [4.78, 5) is 36.8. The van der Waals surface area contributed by atoms with Gasteiger partial charge in [-0.05, 0) is 45.2 Å². The molecule has 2 fully saturated rings. The SMILES string of the molecule is CC(C)(C)OC(=O)N1CCN(c2ccc(-c3noc([C@H](CCCC4CCCCC4)CC(=O)O)n3)cn2)CC1. The molecule has 0 radical (unpaired) electrons. The number of carboxylic acids is 1. The zero-order valence-corrected chi connectivity index (χ0v) is 22.9. The maximum atomic E-state index is 12.3. The quantitative estimate of drug-likeness (QED) is 0.450. The highest BCUT2D eigenvalue weighted by Crippen LogP contribution is 2.32. The number of anilines is 1. The van der Waals surface area contributed by atoms with Crippen LogP contribution >= 0.6 is 0 Å². The van der Waals surface area contributed by atoms with E-state index in [1.807, 2.05) is 32.9 Å². The number of hydrogen-bond donors (Lipinski definition) is 1. The molecule has 0 bridgehead atoms. The van der Waals surface area contributed by atoms with Crippen LogP contribution < -0.4 is 4.90 Å². The highest BCUT2D eigenvalue weighted by atomic mass is 16.6. The second-order valence-electron chi connectivity index (χ2n) is 11.5. The number of carbonyl (C=O) groups is 2. The highest BCUT2D eigenvalue weighted by Gasteiger charge is 2.27. The molecule has 2 aromatic rings. The third-order valence-electron chi connectivity index (χ3n) is 7.36. The second kappa shape index (κ2) is 12.6. The van der Waals surface area contributed by atoms with Crippen molar-refractivity contribution in [1.29, 1.82) is 0 Å². The van der Waals surface area contributed by atoms with Gasteiger partial charge in [0.1, 0.15) is 11.4 Å². The summed E-state index contributed by atoms with van der Waals surface area (Å²) in [6.45, 7) is 8.05. The minimum atomic E-state index is -0.856. The van der Waals surface area contributed by atoms with Crippen LogP contribution in [0.2, 0.25) is 0 Å². The predicted octanol–water partition coefficient (Wildman–Crippen LogP) is 5.50. The molecule has 1 amide bonds. The molecule has 3 heterocycles. The Bertz CT molecular complexity index is 1050. The first kappa shape index (κ1) is 27.9. The van der Waals surface area contributed by atoms with Gasteiger partial charge in [0.25, 0.3) is 0 Å². The van der Waals surface area contributed by atoms with Gasteiger partial charge in [-0.1, -0.05) is 50.1 Å². The van der Waals surface area contributed by atoms with Crippen LogP contribution in [0.25, 0.3) is 11.4 Å². The zero-order valence-electron chi connectivity index (χ0n) is 22.9. The lowest BCUT2D eigenvalue weighted by Crippen LogP contribution is -2.50. The van der Waals surface area contributed by atoms with Gasteiger partial charge in [-0.25, -0.2) is 9.78 Å². The van der Waals surface area contributed by atoms with Crippen molar-refractivity contribution in [3.8, 4) is 11.4 Å². The number of hydrogen-bond acceptors (Lipinski definition) is 8. The number of pyridine rings is 1. The van der Waals surface area contributed by atoms with Gasteiger partial charge in [0.2, 0.25) is 11.7 Å². The van der Waals surface area contributed by atoms with E-state index in [1.165, 1.54) is 32.1 Å². The van der Waals surface area contributed by atoms with Gasteiger partial charge < -0.3 is 24.2 Å².